The number of carbonyl (C=O) groups is 1. The second kappa shape index (κ2) is 6.77. The summed E-state index contributed by atoms with van der Waals surface area (Å²) < 4.78 is 19.0. The fourth-order valence-corrected chi connectivity index (χ4v) is 3.88. The summed E-state index contributed by atoms with van der Waals surface area (Å²) >= 11 is 1.38. The van der Waals surface area contributed by atoms with Gasteiger partial charge in [0.1, 0.15) is 5.50 Å². The van der Waals surface area contributed by atoms with E-state index in [2.05, 4.69) is 15.3 Å². The molecule has 0 aliphatic carbocycles. The van der Waals surface area contributed by atoms with Gasteiger partial charge in [-0.05, 0) is 36.3 Å². The number of aromatic nitrogens is 2. The standard InChI is InChI=1S/C18H17BFN3O2S/c19-18(5-1-2-6-25-18)16(24)23-17-22-10-14(26-17)11-3-4-12-9-21-15(20)8-13(12)7-11/h3-4,7-10H,1-2,5-6,19H2,(H,22,23,24). The van der Waals surface area contributed by atoms with Crippen molar-refractivity contribution in [3.8, 4) is 10.4 Å². The predicted octanol–water partition coefficient (Wildman–Crippen LogP) is 2.97. The van der Waals surface area contributed by atoms with Crippen molar-refractivity contribution < 1.29 is 13.9 Å². The molecule has 1 saturated heterocycles. The number of hydrogen-bond donors (Lipinski definition) is 1. The molecule has 1 aromatic carbocycles. The topological polar surface area (TPSA) is 64.1 Å². The number of halogens is 1. The molecule has 0 bridgehead atoms. The summed E-state index contributed by atoms with van der Waals surface area (Å²) in [4.78, 5) is 21.4. The molecule has 5 nitrogen and oxygen atoms in total. The van der Waals surface area contributed by atoms with Crippen LogP contribution in [0, 0.1) is 5.95 Å². The van der Waals surface area contributed by atoms with Crippen molar-refractivity contribution in [3.63, 3.8) is 0 Å². The molecule has 1 amide bonds. The summed E-state index contributed by atoms with van der Waals surface area (Å²) in [5.41, 5.74) is 0.124. The lowest BCUT2D eigenvalue weighted by Gasteiger charge is -2.32. The molecule has 3 aromatic rings. The fourth-order valence-electron chi connectivity index (χ4n) is 3.08. The van der Waals surface area contributed by atoms with E-state index in [4.69, 9.17) is 4.74 Å². The molecule has 1 unspecified atom stereocenters. The third-order valence-electron chi connectivity index (χ3n) is 4.65. The number of carbonyl (C=O) groups excluding carboxylic acids is 1. The van der Waals surface area contributed by atoms with E-state index in [1.165, 1.54) is 23.6 Å². The van der Waals surface area contributed by atoms with Crippen molar-refractivity contribution in [3.05, 3.63) is 42.6 Å². The number of ether oxygens (including phenoxy) is 1. The molecule has 4 rings (SSSR count). The number of anilines is 1. The number of benzene rings is 1. The maximum Gasteiger partial charge on any atom is 0.249 e. The molecule has 26 heavy (non-hydrogen) atoms. The lowest BCUT2D eigenvalue weighted by atomic mass is 9.75. The van der Waals surface area contributed by atoms with Gasteiger partial charge in [-0.15, -0.1) is 0 Å². The number of nitrogens with one attached hydrogen (secondary N) is 1. The zero-order valence-electron chi connectivity index (χ0n) is 14.3. The molecular formula is C18H17BFN3O2S. The first-order chi connectivity index (χ1) is 12.5. The minimum Gasteiger partial charge on any atom is -0.375 e. The molecule has 0 saturated carbocycles. The zero-order chi connectivity index (χ0) is 18.1. The van der Waals surface area contributed by atoms with Crippen molar-refractivity contribution in [2.24, 2.45) is 0 Å². The van der Waals surface area contributed by atoms with E-state index in [1.807, 2.05) is 26.0 Å². The van der Waals surface area contributed by atoms with Crippen molar-refractivity contribution in [1.29, 1.82) is 0 Å². The Morgan fingerprint density at radius 1 is 1.23 bits per heavy atom. The first-order valence-electron chi connectivity index (χ1n) is 8.50. The Morgan fingerprint density at radius 2 is 2.12 bits per heavy atom. The summed E-state index contributed by atoms with van der Waals surface area (Å²) in [6.07, 6.45) is 5.90. The molecule has 1 fully saturated rings. The highest BCUT2D eigenvalue weighted by Gasteiger charge is 2.36. The maximum absolute atomic E-state index is 13.4. The molecule has 1 N–H and O–H groups in total. The highest BCUT2D eigenvalue weighted by Crippen LogP contribution is 2.32. The molecular weight excluding hydrogens is 352 g/mol. The first kappa shape index (κ1) is 17.1. The third kappa shape index (κ3) is 3.34. The molecule has 1 aliphatic rings. The minimum atomic E-state index is -0.794. The van der Waals surface area contributed by atoms with Crippen LogP contribution in [0.15, 0.2) is 36.7 Å². The van der Waals surface area contributed by atoms with Crippen LogP contribution in [-0.4, -0.2) is 35.8 Å². The fraction of sp³-hybridized carbons (Fsp3) is 0.278. The van der Waals surface area contributed by atoms with Gasteiger partial charge in [-0.25, -0.2) is 9.97 Å². The average Bonchev–Trinajstić information content (AvgIpc) is 3.10. The number of nitrogens with zero attached hydrogens (tertiary/aromatic N) is 2. The van der Waals surface area contributed by atoms with Gasteiger partial charge in [-0.1, -0.05) is 23.5 Å². The Balaban J connectivity index is 1.55. The first-order valence-corrected chi connectivity index (χ1v) is 9.32. The lowest BCUT2D eigenvalue weighted by molar-refractivity contribution is -0.135. The molecule has 2 aromatic heterocycles. The molecule has 3 heterocycles. The van der Waals surface area contributed by atoms with Crippen molar-refractivity contribution in [2.45, 2.75) is 24.8 Å². The van der Waals surface area contributed by atoms with E-state index in [9.17, 15) is 9.18 Å². The number of rotatable bonds is 3. The molecule has 1 aliphatic heterocycles. The Hall–Kier alpha value is -2.32. The smallest absolute Gasteiger partial charge is 0.249 e. The summed E-state index contributed by atoms with van der Waals surface area (Å²) in [5, 5.41) is 5.04. The molecule has 8 heteroatoms. The zero-order valence-corrected chi connectivity index (χ0v) is 15.1. The van der Waals surface area contributed by atoms with Crippen molar-refractivity contribution >= 4 is 41.0 Å². The minimum absolute atomic E-state index is 0.162. The van der Waals surface area contributed by atoms with E-state index in [0.29, 0.717) is 18.2 Å². The van der Waals surface area contributed by atoms with Gasteiger partial charge in [-0.2, -0.15) is 4.39 Å². The van der Waals surface area contributed by atoms with Crippen LogP contribution in [0.3, 0.4) is 0 Å². The van der Waals surface area contributed by atoms with Gasteiger partial charge in [-0.3, -0.25) is 4.79 Å². The Labute approximate surface area is 155 Å². The van der Waals surface area contributed by atoms with Gasteiger partial charge >= 0.3 is 0 Å². The Morgan fingerprint density at radius 3 is 2.92 bits per heavy atom. The monoisotopic (exact) mass is 369 g/mol. The highest BCUT2D eigenvalue weighted by atomic mass is 32.1. The predicted molar refractivity (Wildman–Crippen MR) is 103 cm³/mol. The van der Waals surface area contributed by atoms with Gasteiger partial charge in [0.05, 0.1) is 4.88 Å². The largest absolute Gasteiger partial charge is 0.375 e. The average molecular weight is 369 g/mol. The van der Waals surface area contributed by atoms with Crippen LogP contribution in [0.25, 0.3) is 21.2 Å². The normalized spacial score (nSPS) is 20.2. The second-order valence-electron chi connectivity index (χ2n) is 6.59. The molecule has 0 spiro atoms. The van der Waals surface area contributed by atoms with Gasteiger partial charge in [0.2, 0.25) is 11.9 Å². The van der Waals surface area contributed by atoms with Crippen LogP contribution in [0.1, 0.15) is 19.3 Å². The van der Waals surface area contributed by atoms with Crippen LogP contribution in [-0.2, 0) is 9.53 Å². The third-order valence-corrected chi connectivity index (χ3v) is 5.61. The number of fused-ring (bicyclic) bond motifs is 1. The lowest BCUT2D eigenvalue weighted by Crippen LogP contribution is -2.48. The number of hydrogen-bond acceptors (Lipinski definition) is 5. The van der Waals surface area contributed by atoms with Crippen molar-refractivity contribution in [2.75, 3.05) is 11.9 Å². The van der Waals surface area contributed by atoms with Crippen LogP contribution < -0.4 is 5.32 Å². The van der Waals surface area contributed by atoms with Crippen LogP contribution in [0.4, 0.5) is 9.52 Å². The Kier molecular flexibility index (Phi) is 4.46. The van der Waals surface area contributed by atoms with E-state index < -0.39 is 11.4 Å². The van der Waals surface area contributed by atoms with E-state index in [-0.39, 0.29) is 5.91 Å². The van der Waals surface area contributed by atoms with E-state index in [0.717, 1.165) is 34.1 Å². The van der Waals surface area contributed by atoms with Crippen LogP contribution in [0.2, 0.25) is 0 Å². The molecule has 0 radical (unpaired) electrons. The van der Waals surface area contributed by atoms with Gasteiger partial charge in [0.25, 0.3) is 0 Å². The summed E-state index contributed by atoms with van der Waals surface area (Å²) in [6, 6.07) is 7.13. The van der Waals surface area contributed by atoms with Crippen LogP contribution in [0.5, 0.6) is 0 Å². The quantitative estimate of drug-likeness (QED) is 0.570. The number of pyridine rings is 1. The molecule has 132 valence electrons. The Bertz CT molecular complexity index is 972. The maximum atomic E-state index is 13.4. The number of thiazole rings is 1. The van der Waals surface area contributed by atoms with Gasteiger partial charge in [0.15, 0.2) is 13.0 Å². The summed E-state index contributed by atoms with van der Waals surface area (Å²) in [7, 11) is 1.82. The van der Waals surface area contributed by atoms with Gasteiger partial charge < -0.3 is 10.1 Å². The highest BCUT2D eigenvalue weighted by molar-refractivity contribution is 7.19. The SMILES string of the molecule is BC1(C(=O)Nc2ncc(-c3ccc4cnc(F)cc4c3)s2)CCCCO1. The van der Waals surface area contributed by atoms with Gasteiger partial charge in [0, 0.05) is 30.5 Å². The number of amides is 1. The second-order valence-corrected chi connectivity index (χ2v) is 7.62. The van der Waals surface area contributed by atoms with E-state index in [1.54, 1.807) is 6.20 Å². The molecule has 1 atom stereocenters. The van der Waals surface area contributed by atoms with Crippen LogP contribution >= 0.6 is 11.3 Å². The van der Waals surface area contributed by atoms with E-state index >= 15 is 0 Å². The summed E-state index contributed by atoms with van der Waals surface area (Å²) in [5.74, 6) is -0.669. The van der Waals surface area contributed by atoms with Crippen molar-refractivity contribution in [1.82, 2.24) is 9.97 Å². The summed E-state index contributed by atoms with van der Waals surface area (Å²) in [6.45, 7) is 0.607.